The van der Waals surface area contributed by atoms with Crippen molar-refractivity contribution in [3.05, 3.63) is 28.8 Å². The molecule has 0 aromatic heterocycles. The number of rotatable bonds is 6. The van der Waals surface area contributed by atoms with Crippen molar-refractivity contribution in [2.45, 2.75) is 4.90 Å². The Hall–Kier alpha value is -0.340. The van der Waals surface area contributed by atoms with Gasteiger partial charge in [0.15, 0.2) is 0 Å². The van der Waals surface area contributed by atoms with Gasteiger partial charge in [0.1, 0.15) is 9.88 Å². The average Bonchev–Trinajstić information content (AvgIpc) is 2.29. The first kappa shape index (κ1) is 15.7. The van der Waals surface area contributed by atoms with Crippen LogP contribution in [-0.2, 0) is 10.0 Å². The maximum absolute atomic E-state index is 12.0. The van der Waals surface area contributed by atoms with Crippen molar-refractivity contribution in [1.29, 1.82) is 0 Å². The first-order valence-electron chi connectivity index (χ1n) is 4.96. The minimum absolute atomic E-state index is 0.00410. The summed E-state index contributed by atoms with van der Waals surface area (Å²) in [5.41, 5.74) is 5.94. The summed E-state index contributed by atoms with van der Waals surface area (Å²) in [7, 11) is -3.63. The lowest BCUT2D eigenvalue weighted by Gasteiger charge is -2.09. The molecule has 0 atom stereocenters. The summed E-state index contributed by atoms with van der Waals surface area (Å²) >= 11 is 12.2. The molecule has 0 fully saturated rings. The normalized spacial score (nSPS) is 11.4. The van der Waals surface area contributed by atoms with Crippen molar-refractivity contribution in [2.75, 3.05) is 18.6 Å². The monoisotopic (exact) mass is 324 g/mol. The quantitative estimate of drug-likeness (QED) is 0.614. The molecule has 0 aliphatic heterocycles. The van der Waals surface area contributed by atoms with Gasteiger partial charge in [-0.15, -0.1) is 0 Å². The molecule has 0 aliphatic carbocycles. The predicted octanol–water partition coefficient (Wildman–Crippen LogP) is 1.62. The molecule has 0 heterocycles. The summed E-state index contributed by atoms with van der Waals surface area (Å²) in [4.78, 5) is 0.128. The number of halogens is 1. The van der Waals surface area contributed by atoms with Gasteiger partial charge in [0.25, 0.3) is 0 Å². The Labute approximate surface area is 121 Å². The summed E-state index contributed by atoms with van der Waals surface area (Å²) in [6.07, 6.45) is 1.90. The van der Waals surface area contributed by atoms with Crippen LogP contribution in [0.25, 0.3) is 0 Å². The van der Waals surface area contributed by atoms with E-state index in [9.17, 15) is 8.42 Å². The van der Waals surface area contributed by atoms with Gasteiger partial charge >= 0.3 is 0 Å². The molecule has 8 heteroatoms. The molecule has 0 amide bonds. The van der Waals surface area contributed by atoms with Crippen LogP contribution in [0.4, 0.5) is 0 Å². The smallest absolute Gasteiger partial charge is 0.242 e. The Kier molecular flexibility index (Phi) is 5.87. The lowest BCUT2D eigenvalue weighted by molar-refractivity contribution is 0.584. The van der Waals surface area contributed by atoms with Crippen LogP contribution in [0.3, 0.4) is 0 Å². The minimum Gasteiger partial charge on any atom is -0.389 e. The van der Waals surface area contributed by atoms with Gasteiger partial charge in [-0.25, -0.2) is 13.1 Å². The van der Waals surface area contributed by atoms with Crippen LogP contribution in [0.5, 0.6) is 0 Å². The van der Waals surface area contributed by atoms with Gasteiger partial charge < -0.3 is 5.73 Å². The number of benzene rings is 1. The standard InChI is InChI=1S/C10H13ClN2O2S3/c1-17-5-4-13-18(14,15)9-6-7(10(12)16)2-3-8(9)11/h2-3,6,13H,4-5H2,1H3,(H2,12,16). The van der Waals surface area contributed by atoms with E-state index in [0.29, 0.717) is 17.9 Å². The molecule has 4 nitrogen and oxygen atoms in total. The Morgan fingerprint density at radius 3 is 2.78 bits per heavy atom. The third-order valence-corrected chi connectivity index (χ3v) is 4.89. The number of hydrogen-bond acceptors (Lipinski definition) is 4. The van der Waals surface area contributed by atoms with E-state index < -0.39 is 10.0 Å². The molecule has 0 spiro atoms. The highest BCUT2D eigenvalue weighted by Gasteiger charge is 2.18. The van der Waals surface area contributed by atoms with Crippen molar-refractivity contribution in [1.82, 2.24) is 4.72 Å². The molecule has 0 radical (unpaired) electrons. The van der Waals surface area contributed by atoms with Crippen molar-refractivity contribution in [3.8, 4) is 0 Å². The van der Waals surface area contributed by atoms with Crippen LogP contribution in [-0.4, -0.2) is 32.0 Å². The van der Waals surface area contributed by atoms with E-state index in [2.05, 4.69) is 4.72 Å². The second-order valence-corrected chi connectivity index (χ2v) is 6.97. The van der Waals surface area contributed by atoms with E-state index in [1.54, 1.807) is 17.8 Å². The van der Waals surface area contributed by atoms with Crippen LogP contribution in [0.1, 0.15) is 5.56 Å². The van der Waals surface area contributed by atoms with Gasteiger partial charge in [-0.1, -0.05) is 29.9 Å². The molecule has 1 rings (SSSR count). The number of thioether (sulfide) groups is 1. The van der Waals surface area contributed by atoms with E-state index in [-0.39, 0.29) is 14.9 Å². The topological polar surface area (TPSA) is 72.2 Å². The number of nitrogens with one attached hydrogen (secondary N) is 1. The molecule has 1 aromatic carbocycles. The second-order valence-electron chi connectivity index (χ2n) is 3.40. The summed E-state index contributed by atoms with van der Waals surface area (Å²) in [6.45, 7) is 0.344. The number of nitrogens with two attached hydrogens (primary N) is 1. The lowest BCUT2D eigenvalue weighted by atomic mass is 10.2. The van der Waals surface area contributed by atoms with Gasteiger partial charge in [0.2, 0.25) is 10.0 Å². The molecule has 100 valence electrons. The van der Waals surface area contributed by atoms with Crippen molar-refractivity contribution in [2.24, 2.45) is 5.73 Å². The molecular formula is C10H13ClN2O2S3. The number of thiocarbonyl (C=S) groups is 1. The zero-order chi connectivity index (χ0) is 13.8. The van der Waals surface area contributed by atoms with E-state index in [1.165, 1.54) is 12.1 Å². The van der Waals surface area contributed by atoms with Crippen molar-refractivity contribution in [3.63, 3.8) is 0 Å². The van der Waals surface area contributed by atoms with Crippen molar-refractivity contribution >= 4 is 50.6 Å². The molecule has 0 aliphatic rings. The lowest BCUT2D eigenvalue weighted by Crippen LogP contribution is -2.26. The molecule has 0 saturated carbocycles. The van der Waals surface area contributed by atoms with Gasteiger partial charge in [0, 0.05) is 17.9 Å². The Balaban J connectivity index is 3.07. The Bertz CT molecular complexity index is 546. The summed E-state index contributed by atoms with van der Waals surface area (Å²) in [5.74, 6) is 0.686. The predicted molar refractivity (Wildman–Crippen MR) is 80.9 cm³/mol. The van der Waals surface area contributed by atoms with Gasteiger partial charge in [-0.05, 0) is 18.4 Å². The minimum atomic E-state index is -3.63. The largest absolute Gasteiger partial charge is 0.389 e. The SMILES string of the molecule is CSCCNS(=O)(=O)c1cc(C(N)=S)ccc1Cl. The van der Waals surface area contributed by atoms with Gasteiger partial charge in [0.05, 0.1) is 5.02 Å². The third kappa shape index (κ3) is 4.10. The van der Waals surface area contributed by atoms with Crippen LogP contribution in [0, 0.1) is 0 Å². The zero-order valence-electron chi connectivity index (χ0n) is 9.64. The summed E-state index contributed by atoms with van der Waals surface area (Å²) < 4.78 is 26.5. The first-order valence-corrected chi connectivity index (χ1v) is 8.63. The fraction of sp³-hybridized carbons (Fsp3) is 0.300. The van der Waals surface area contributed by atoms with Gasteiger partial charge in [-0.3, -0.25) is 0 Å². The second kappa shape index (κ2) is 6.72. The van der Waals surface area contributed by atoms with E-state index >= 15 is 0 Å². The zero-order valence-corrected chi connectivity index (χ0v) is 12.8. The van der Waals surface area contributed by atoms with Gasteiger partial charge in [-0.2, -0.15) is 11.8 Å². The maximum Gasteiger partial charge on any atom is 0.242 e. The average molecular weight is 325 g/mol. The fourth-order valence-electron chi connectivity index (χ4n) is 1.22. The van der Waals surface area contributed by atoms with Crippen LogP contribution in [0.15, 0.2) is 23.1 Å². The highest BCUT2D eigenvalue weighted by Crippen LogP contribution is 2.22. The van der Waals surface area contributed by atoms with E-state index in [4.69, 9.17) is 29.6 Å². The van der Waals surface area contributed by atoms with Crippen LogP contribution in [0.2, 0.25) is 5.02 Å². The van der Waals surface area contributed by atoms with Crippen LogP contribution < -0.4 is 10.5 Å². The molecule has 0 unspecified atom stereocenters. The molecule has 3 N–H and O–H groups in total. The Morgan fingerprint density at radius 2 is 2.22 bits per heavy atom. The Morgan fingerprint density at radius 1 is 1.56 bits per heavy atom. The number of sulfonamides is 1. The molecule has 0 saturated heterocycles. The third-order valence-electron chi connectivity index (χ3n) is 2.10. The highest BCUT2D eigenvalue weighted by molar-refractivity contribution is 7.98. The molecule has 1 aromatic rings. The summed E-state index contributed by atoms with van der Waals surface area (Å²) in [6, 6.07) is 4.44. The first-order chi connectivity index (χ1) is 8.38. The maximum atomic E-state index is 12.0. The van der Waals surface area contributed by atoms with Crippen molar-refractivity contribution < 1.29 is 8.42 Å². The molecular weight excluding hydrogens is 312 g/mol. The summed E-state index contributed by atoms with van der Waals surface area (Å²) in [5, 5.41) is 0.145. The van der Waals surface area contributed by atoms with E-state index in [1.807, 2.05) is 6.26 Å². The molecule has 18 heavy (non-hydrogen) atoms. The number of hydrogen-bond donors (Lipinski definition) is 2. The highest BCUT2D eigenvalue weighted by atomic mass is 35.5. The van der Waals surface area contributed by atoms with Crippen LogP contribution >= 0.6 is 35.6 Å². The van der Waals surface area contributed by atoms with E-state index in [0.717, 1.165) is 0 Å². The molecule has 0 bridgehead atoms. The fourth-order valence-corrected chi connectivity index (χ4v) is 3.34.